The fraction of sp³-hybridized carbons (Fsp3) is 0.0588. The van der Waals surface area contributed by atoms with Gasteiger partial charge in [0, 0.05) is 10.8 Å². The summed E-state index contributed by atoms with van der Waals surface area (Å²) >= 11 is 0. The quantitative estimate of drug-likeness (QED) is 0.0443. The van der Waals surface area contributed by atoms with Crippen molar-refractivity contribution in [1.29, 1.82) is 0 Å². The average molecular weight is 897 g/mol. The summed E-state index contributed by atoms with van der Waals surface area (Å²) in [6.45, 7) is 3.42. The van der Waals surface area contributed by atoms with E-state index in [0.717, 1.165) is 24.3 Å². The van der Waals surface area contributed by atoms with E-state index in [1.807, 2.05) is 0 Å². The van der Waals surface area contributed by atoms with Crippen LogP contribution in [-0.4, -0.2) is 62.1 Å². The van der Waals surface area contributed by atoms with Gasteiger partial charge in [-0.25, -0.2) is 0 Å². The average Bonchev–Trinajstić information content (AvgIpc) is 3.09. The maximum absolute atomic E-state index is 12.0. The Bertz CT molecular complexity index is 3090. The summed E-state index contributed by atoms with van der Waals surface area (Å²) in [5.41, 5.74) is 13.2. The molecule has 0 bridgehead atoms. The third-order valence-corrected chi connectivity index (χ3v) is 12.4. The Morgan fingerprint density at radius 3 is 1.03 bits per heavy atom. The standard InChI is InChI=1S/C34H28N6O14S4.Na.H/c1-15-11-17(3-7-21(15)37-39-23-9-5-19-25(55(43,44)45)13-27(57(49,50)51)31(35)29(19)33(23)41)18-4-8-22(16(2)12-18)38-40-24-10-6-20-26(56(46,47)48)14-28(58(52,53)54)32(36)30(20)34(24)42;;/h3-14,41-42H,35-36H2,1-2H3,(H,43,44,45)(H,46,47,48)(H,49,50,51)(H,52,53,54);;/q;+1;-1. The smallest absolute Gasteiger partial charge is 1.00 e. The second-order valence-electron chi connectivity index (χ2n) is 12.6. The fourth-order valence-corrected chi connectivity index (χ4v) is 8.91. The van der Waals surface area contributed by atoms with Gasteiger partial charge < -0.3 is 23.1 Å². The number of fused-ring (bicyclic) bond motifs is 2. The molecule has 0 unspecified atom stereocenters. The van der Waals surface area contributed by atoms with Gasteiger partial charge in [0.1, 0.15) is 31.0 Å². The minimum Gasteiger partial charge on any atom is -1.00 e. The molecule has 0 aliphatic heterocycles. The third kappa shape index (κ3) is 8.78. The number of phenols is 2. The first-order valence-corrected chi connectivity index (χ1v) is 21.7. The van der Waals surface area contributed by atoms with Crippen LogP contribution >= 0.6 is 0 Å². The van der Waals surface area contributed by atoms with Crippen molar-refractivity contribution in [2.45, 2.75) is 33.4 Å². The Balaban J connectivity index is 0.00000397. The molecule has 25 heteroatoms. The number of rotatable bonds is 9. The molecule has 6 rings (SSSR count). The molecule has 0 amide bonds. The van der Waals surface area contributed by atoms with Crippen molar-refractivity contribution in [3.05, 3.63) is 83.9 Å². The van der Waals surface area contributed by atoms with Crippen molar-refractivity contribution in [2.24, 2.45) is 20.5 Å². The van der Waals surface area contributed by atoms with Crippen LogP contribution < -0.4 is 41.0 Å². The predicted octanol–water partition coefficient (Wildman–Crippen LogP) is 3.79. The van der Waals surface area contributed by atoms with Crippen molar-refractivity contribution < 1.29 is 93.1 Å². The number of hydrogen-bond acceptors (Lipinski definition) is 16. The van der Waals surface area contributed by atoms with Crippen LogP contribution in [0.15, 0.2) is 113 Å². The number of azo groups is 2. The first-order valence-electron chi connectivity index (χ1n) is 15.9. The Morgan fingerprint density at radius 1 is 0.458 bits per heavy atom. The normalized spacial score (nSPS) is 12.8. The molecule has 0 aromatic heterocycles. The zero-order valence-electron chi connectivity index (χ0n) is 31.5. The van der Waals surface area contributed by atoms with E-state index in [-0.39, 0.29) is 53.1 Å². The summed E-state index contributed by atoms with van der Waals surface area (Å²) in [7, 11) is -20.3. The van der Waals surface area contributed by atoms with Gasteiger partial charge in [-0.3, -0.25) is 18.2 Å². The monoisotopic (exact) mass is 896 g/mol. The minimum absolute atomic E-state index is 0. The van der Waals surface area contributed by atoms with Crippen LogP contribution in [0.25, 0.3) is 32.7 Å². The zero-order valence-corrected chi connectivity index (χ0v) is 35.7. The van der Waals surface area contributed by atoms with Gasteiger partial charge in [0.15, 0.2) is 11.5 Å². The van der Waals surface area contributed by atoms with E-state index < -0.39 is 93.7 Å². The predicted molar refractivity (Wildman–Crippen MR) is 210 cm³/mol. The van der Waals surface area contributed by atoms with Crippen LogP contribution in [0.3, 0.4) is 0 Å². The van der Waals surface area contributed by atoms with Gasteiger partial charge in [0.2, 0.25) is 0 Å². The summed E-state index contributed by atoms with van der Waals surface area (Å²) in [6, 6.07) is 15.6. The van der Waals surface area contributed by atoms with Crippen LogP contribution in [-0.2, 0) is 40.5 Å². The Labute approximate surface area is 358 Å². The van der Waals surface area contributed by atoms with Gasteiger partial charge in [0.25, 0.3) is 40.5 Å². The van der Waals surface area contributed by atoms with Gasteiger partial charge in [-0.1, -0.05) is 24.3 Å². The van der Waals surface area contributed by atoms with Gasteiger partial charge in [-0.2, -0.15) is 43.9 Å². The maximum atomic E-state index is 12.0. The second kappa shape index (κ2) is 15.8. The van der Waals surface area contributed by atoms with Gasteiger partial charge >= 0.3 is 29.6 Å². The second-order valence-corrected chi connectivity index (χ2v) is 18.1. The summed E-state index contributed by atoms with van der Waals surface area (Å²) in [5, 5.41) is 36.5. The SMILES string of the molecule is Cc1cc(-c2ccc(N=Nc3ccc4c(S(=O)(=O)O)cc(S(=O)(=O)O)c(N)c4c3O)c(C)c2)ccc1N=Nc1ccc2c(S(=O)(=O)O)cc(S(=O)(=O)O)c(N)c2c1O.[H-].[Na+]. The molecule has 10 N–H and O–H groups in total. The van der Waals surface area contributed by atoms with Gasteiger partial charge in [-0.05, 0) is 84.6 Å². The van der Waals surface area contributed by atoms with Crippen molar-refractivity contribution >= 4 is 96.1 Å². The molecule has 0 saturated heterocycles. The van der Waals surface area contributed by atoms with Crippen LogP contribution in [0, 0.1) is 13.8 Å². The molecule has 304 valence electrons. The number of anilines is 2. The zero-order chi connectivity index (χ0) is 42.9. The molecule has 0 spiro atoms. The van der Waals surface area contributed by atoms with E-state index in [0.29, 0.717) is 45.8 Å². The molecule has 0 heterocycles. The first-order chi connectivity index (χ1) is 26.8. The number of phenolic OH excluding ortho intramolecular Hbond substituents is 2. The molecule has 59 heavy (non-hydrogen) atoms. The summed E-state index contributed by atoms with van der Waals surface area (Å²) in [5.74, 6) is -1.57. The van der Waals surface area contributed by atoms with Crippen molar-refractivity contribution in [3.63, 3.8) is 0 Å². The van der Waals surface area contributed by atoms with Crippen LogP contribution in [0.5, 0.6) is 11.5 Å². The summed E-state index contributed by atoms with van der Waals surface area (Å²) in [4.78, 5) is -4.01. The Hall–Kier alpha value is -5.12. The largest absolute Gasteiger partial charge is 1.00 e. The molecule has 6 aromatic carbocycles. The molecular weight excluding hydrogens is 868 g/mol. The van der Waals surface area contributed by atoms with Crippen molar-refractivity contribution in [3.8, 4) is 22.6 Å². The van der Waals surface area contributed by atoms with Crippen molar-refractivity contribution in [1.82, 2.24) is 0 Å². The van der Waals surface area contributed by atoms with E-state index in [2.05, 4.69) is 20.5 Å². The third-order valence-electron chi connectivity index (χ3n) is 8.81. The van der Waals surface area contributed by atoms with Crippen LogP contribution in [0.1, 0.15) is 12.6 Å². The first kappa shape index (κ1) is 45.0. The van der Waals surface area contributed by atoms with E-state index in [9.17, 15) is 62.1 Å². The number of benzene rings is 6. The number of aromatic hydroxyl groups is 2. The van der Waals surface area contributed by atoms with E-state index >= 15 is 0 Å². The molecule has 0 atom stereocenters. The molecule has 6 aromatic rings. The molecule has 0 radical (unpaired) electrons. The Kier molecular flexibility index (Phi) is 12.1. The molecule has 20 nitrogen and oxygen atoms in total. The van der Waals surface area contributed by atoms with E-state index in [1.54, 1.807) is 50.2 Å². The fourth-order valence-electron chi connectivity index (χ4n) is 6.04. The summed E-state index contributed by atoms with van der Waals surface area (Å²) in [6.07, 6.45) is 0. The van der Waals surface area contributed by atoms with Gasteiger partial charge in [0.05, 0.1) is 33.5 Å². The number of hydrogen-bond donors (Lipinski definition) is 8. The topological polar surface area (TPSA) is 359 Å². The summed E-state index contributed by atoms with van der Waals surface area (Å²) < 4.78 is 134. The number of nitrogens with zero attached hydrogens (tertiary/aromatic N) is 4. The van der Waals surface area contributed by atoms with Gasteiger partial charge in [-0.15, -0.1) is 10.2 Å². The molecule has 0 saturated carbocycles. The van der Waals surface area contributed by atoms with Crippen LogP contribution in [0.4, 0.5) is 34.1 Å². The number of nitrogens with two attached hydrogens (primary N) is 2. The number of nitrogen functional groups attached to an aromatic ring is 2. The number of aryl methyl sites for hydroxylation is 2. The van der Waals surface area contributed by atoms with Crippen LogP contribution in [0.2, 0.25) is 0 Å². The molecule has 0 aliphatic carbocycles. The Morgan fingerprint density at radius 2 is 0.746 bits per heavy atom. The molecular formula is C34H29N6NaO14S4. The molecule has 0 aliphatic rings. The van der Waals surface area contributed by atoms with E-state index in [4.69, 9.17) is 11.5 Å². The van der Waals surface area contributed by atoms with Crippen molar-refractivity contribution in [2.75, 3.05) is 11.5 Å². The minimum atomic E-state index is -5.10. The maximum Gasteiger partial charge on any atom is 1.00 e. The molecule has 0 fully saturated rings. The van der Waals surface area contributed by atoms with E-state index in [1.165, 1.54) is 0 Å².